The van der Waals surface area contributed by atoms with Gasteiger partial charge in [0.1, 0.15) is 5.82 Å². The number of hydrogen-bond acceptors (Lipinski definition) is 4. The summed E-state index contributed by atoms with van der Waals surface area (Å²) in [7, 11) is -3.88. The Labute approximate surface area is 232 Å². The molecule has 0 unspecified atom stereocenters. The predicted molar refractivity (Wildman–Crippen MR) is 152 cm³/mol. The monoisotopic (exact) mass is 563 g/mol. The zero-order chi connectivity index (χ0) is 27.4. The van der Waals surface area contributed by atoms with Gasteiger partial charge < -0.3 is 9.80 Å². The summed E-state index contributed by atoms with van der Waals surface area (Å²) in [6.07, 6.45) is 0. The molecule has 39 heavy (non-hydrogen) atoms. The Balaban J connectivity index is 1.34. The smallest absolute Gasteiger partial charge is 0.264 e. The maximum atomic E-state index is 13.6. The van der Waals surface area contributed by atoms with E-state index < -0.39 is 10.0 Å². The lowest BCUT2D eigenvalue weighted by Crippen LogP contribution is -2.48. The van der Waals surface area contributed by atoms with Gasteiger partial charge in [-0.1, -0.05) is 48.0 Å². The normalized spacial score (nSPS) is 13.8. The van der Waals surface area contributed by atoms with E-state index in [1.165, 1.54) is 16.4 Å². The van der Waals surface area contributed by atoms with Gasteiger partial charge >= 0.3 is 0 Å². The Morgan fingerprint density at radius 1 is 0.821 bits per heavy atom. The van der Waals surface area contributed by atoms with Gasteiger partial charge in [0.2, 0.25) is 0 Å². The second-order valence-corrected chi connectivity index (χ2v) is 11.6. The van der Waals surface area contributed by atoms with Gasteiger partial charge in [-0.05, 0) is 72.3 Å². The van der Waals surface area contributed by atoms with Crippen molar-refractivity contribution in [2.75, 3.05) is 35.4 Å². The molecular weight excluding hydrogens is 537 g/mol. The Morgan fingerprint density at radius 2 is 1.49 bits per heavy atom. The fourth-order valence-electron chi connectivity index (χ4n) is 4.58. The number of carbonyl (C=O) groups excluding carboxylic acids is 1. The molecule has 0 bridgehead atoms. The number of benzene rings is 4. The molecule has 0 aromatic heterocycles. The maximum Gasteiger partial charge on any atom is 0.264 e. The Hall–Kier alpha value is -3.88. The van der Waals surface area contributed by atoms with Crippen LogP contribution in [0.3, 0.4) is 0 Å². The summed E-state index contributed by atoms with van der Waals surface area (Å²) in [5.41, 5.74) is 2.49. The lowest BCUT2D eigenvalue weighted by molar-refractivity contribution is 0.0746. The molecule has 0 saturated carbocycles. The summed E-state index contributed by atoms with van der Waals surface area (Å²) >= 11 is 6.02. The molecule has 4 aromatic carbocycles. The molecule has 1 aliphatic heterocycles. The number of amides is 1. The van der Waals surface area contributed by atoms with E-state index in [1.54, 1.807) is 89.8 Å². The van der Waals surface area contributed by atoms with Crippen LogP contribution in [0.25, 0.3) is 0 Å². The predicted octanol–water partition coefficient (Wildman–Crippen LogP) is 5.84. The third-order valence-corrected chi connectivity index (χ3v) is 8.75. The van der Waals surface area contributed by atoms with Crippen LogP contribution in [0.4, 0.5) is 15.8 Å². The van der Waals surface area contributed by atoms with E-state index in [4.69, 9.17) is 11.6 Å². The highest BCUT2D eigenvalue weighted by Crippen LogP contribution is 2.27. The van der Waals surface area contributed by atoms with Gasteiger partial charge in [0, 0.05) is 42.5 Å². The molecule has 1 amide bonds. The first kappa shape index (κ1) is 26.7. The summed E-state index contributed by atoms with van der Waals surface area (Å²) in [5.74, 6) is -0.416. The molecule has 6 nitrogen and oxygen atoms in total. The third-order valence-electron chi connectivity index (χ3n) is 6.71. The molecule has 9 heteroatoms. The van der Waals surface area contributed by atoms with Crippen molar-refractivity contribution in [3.05, 3.63) is 125 Å². The maximum absolute atomic E-state index is 13.6. The van der Waals surface area contributed by atoms with Crippen LogP contribution in [0.2, 0.25) is 5.02 Å². The van der Waals surface area contributed by atoms with Crippen molar-refractivity contribution in [3.63, 3.8) is 0 Å². The average Bonchev–Trinajstić information content (AvgIpc) is 2.97. The summed E-state index contributed by atoms with van der Waals surface area (Å²) in [5, 5.41) is 0.566. The Bertz CT molecular complexity index is 1540. The van der Waals surface area contributed by atoms with E-state index in [-0.39, 0.29) is 23.2 Å². The van der Waals surface area contributed by atoms with E-state index >= 15 is 0 Å². The molecule has 0 aliphatic carbocycles. The highest BCUT2D eigenvalue weighted by Gasteiger charge is 2.27. The van der Waals surface area contributed by atoms with Gasteiger partial charge in [0.05, 0.1) is 17.1 Å². The first-order valence-electron chi connectivity index (χ1n) is 12.5. The lowest BCUT2D eigenvalue weighted by atomic mass is 10.1. The molecule has 0 radical (unpaired) electrons. The van der Waals surface area contributed by atoms with Crippen molar-refractivity contribution in [1.29, 1.82) is 0 Å². The molecule has 1 heterocycles. The van der Waals surface area contributed by atoms with Gasteiger partial charge in [-0.3, -0.25) is 9.10 Å². The number of halogens is 2. The van der Waals surface area contributed by atoms with E-state index in [0.717, 1.165) is 11.3 Å². The molecule has 4 aromatic rings. The second-order valence-electron chi connectivity index (χ2n) is 9.26. The van der Waals surface area contributed by atoms with Gasteiger partial charge in [0.15, 0.2) is 0 Å². The second kappa shape index (κ2) is 11.5. The molecular formula is C30H27ClFN3O3S. The highest BCUT2D eigenvalue weighted by molar-refractivity contribution is 7.92. The summed E-state index contributed by atoms with van der Waals surface area (Å²) in [6, 6.07) is 28.4. The number of hydrogen-bond donors (Lipinski definition) is 0. The van der Waals surface area contributed by atoms with Gasteiger partial charge in [-0.25, -0.2) is 12.8 Å². The average molecular weight is 564 g/mol. The van der Waals surface area contributed by atoms with Crippen molar-refractivity contribution in [2.24, 2.45) is 0 Å². The van der Waals surface area contributed by atoms with E-state index in [0.29, 0.717) is 42.5 Å². The van der Waals surface area contributed by atoms with Crippen molar-refractivity contribution < 1.29 is 17.6 Å². The fourth-order valence-corrected chi connectivity index (χ4v) is 6.18. The molecule has 0 spiro atoms. The summed E-state index contributed by atoms with van der Waals surface area (Å²) < 4.78 is 42.2. The van der Waals surface area contributed by atoms with Crippen LogP contribution in [0, 0.1) is 5.82 Å². The molecule has 200 valence electrons. The van der Waals surface area contributed by atoms with E-state index in [1.807, 2.05) is 6.07 Å². The van der Waals surface area contributed by atoms with Crippen LogP contribution in [-0.4, -0.2) is 45.4 Å². The highest BCUT2D eigenvalue weighted by atomic mass is 35.5. The van der Waals surface area contributed by atoms with Crippen LogP contribution in [0.15, 0.2) is 108 Å². The topological polar surface area (TPSA) is 60.9 Å². The van der Waals surface area contributed by atoms with E-state index in [2.05, 4.69) is 4.90 Å². The largest absolute Gasteiger partial charge is 0.368 e. The number of nitrogens with zero attached hydrogens (tertiary/aromatic N) is 3. The number of carbonyl (C=O) groups is 1. The zero-order valence-corrected chi connectivity index (χ0v) is 22.7. The van der Waals surface area contributed by atoms with Gasteiger partial charge in [0.25, 0.3) is 15.9 Å². The molecule has 1 saturated heterocycles. The minimum Gasteiger partial charge on any atom is -0.368 e. The van der Waals surface area contributed by atoms with Crippen molar-refractivity contribution >= 4 is 38.9 Å². The van der Waals surface area contributed by atoms with Gasteiger partial charge in [-0.2, -0.15) is 0 Å². The first-order valence-corrected chi connectivity index (χ1v) is 14.4. The SMILES string of the molecule is O=C(c1ccc(N(Cc2ccc(Cl)cc2)S(=O)(=O)c2ccccc2)cc1)N1CCN(c2cccc(F)c2)CC1. The third kappa shape index (κ3) is 6.08. The minimum atomic E-state index is -3.88. The lowest BCUT2D eigenvalue weighted by Gasteiger charge is -2.36. The number of piperazine rings is 1. The number of anilines is 2. The molecule has 5 rings (SSSR count). The van der Waals surface area contributed by atoms with Crippen LogP contribution < -0.4 is 9.21 Å². The van der Waals surface area contributed by atoms with Crippen LogP contribution in [0.5, 0.6) is 0 Å². The van der Waals surface area contributed by atoms with Crippen molar-refractivity contribution in [3.8, 4) is 0 Å². The van der Waals surface area contributed by atoms with Crippen molar-refractivity contribution in [2.45, 2.75) is 11.4 Å². The number of rotatable bonds is 7. The first-order chi connectivity index (χ1) is 18.8. The summed E-state index contributed by atoms with van der Waals surface area (Å²) in [6.45, 7) is 2.29. The zero-order valence-electron chi connectivity index (χ0n) is 21.1. The molecule has 0 N–H and O–H groups in total. The minimum absolute atomic E-state index is 0.101. The van der Waals surface area contributed by atoms with Crippen LogP contribution >= 0.6 is 11.6 Å². The fraction of sp³-hybridized carbons (Fsp3) is 0.167. The van der Waals surface area contributed by atoms with E-state index in [9.17, 15) is 17.6 Å². The molecule has 1 aliphatic rings. The Kier molecular flexibility index (Phi) is 7.86. The quantitative estimate of drug-likeness (QED) is 0.283. The molecule has 1 fully saturated rings. The molecule has 0 atom stereocenters. The van der Waals surface area contributed by atoms with Crippen molar-refractivity contribution in [1.82, 2.24) is 4.90 Å². The number of sulfonamides is 1. The van der Waals surface area contributed by atoms with Crippen LogP contribution in [-0.2, 0) is 16.6 Å². The summed E-state index contributed by atoms with van der Waals surface area (Å²) in [4.78, 5) is 17.2. The standard InChI is InChI=1S/C30H27ClFN3O3S/c31-25-13-9-23(10-14-25)22-35(39(37,38)29-7-2-1-3-8-29)27-15-11-24(12-16-27)30(36)34-19-17-33(18-20-34)28-6-4-5-26(32)21-28/h1-16,21H,17-20,22H2. The Morgan fingerprint density at radius 3 is 2.13 bits per heavy atom. The van der Waals surface area contributed by atoms with Gasteiger partial charge in [-0.15, -0.1) is 0 Å². The van der Waals surface area contributed by atoms with Crippen LogP contribution in [0.1, 0.15) is 15.9 Å².